The van der Waals surface area contributed by atoms with E-state index in [-0.39, 0.29) is 5.91 Å². The van der Waals surface area contributed by atoms with Gasteiger partial charge in [0.25, 0.3) is 5.91 Å². The van der Waals surface area contributed by atoms with Crippen molar-refractivity contribution in [1.29, 1.82) is 0 Å². The molecule has 0 radical (unpaired) electrons. The fourth-order valence-electron chi connectivity index (χ4n) is 3.56. The Morgan fingerprint density at radius 1 is 1.03 bits per heavy atom. The lowest BCUT2D eigenvalue weighted by molar-refractivity contribution is 0.0383. The largest absolute Gasteiger partial charge is 0.379 e. The molecule has 32 heavy (non-hydrogen) atoms. The Labute approximate surface area is 197 Å². The third-order valence-electron chi connectivity index (χ3n) is 5.40. The van der Waals surface area contributed by atoms with Crippen LogP contribution in [0.4, 0.5) is 5.82 Å². The number of anilines is 1. The fourth-order valence-corrected chi connectivity index (χ4v) is 4.60. The summed E-state index contributed by atoms with van der Waals surface area (Å²) in [5.74, 6) is 1.48. The van der Waals surface area contributed by atoms with Crippen molar-refractivity contribution in [3.05, 3.63) is 46.6 Å². The van der Waals surface area contributed by atoms with E-state index in [2.05, 4.69) is 25.1 Å². The Morgan fingerprint density at radius 2 is 1.72 bits per heavy atom. The number of amides is 1. The van der Waals surface area contributed by atoms with E-state index in [1.807, 2.05) is 24.3 Å². The number of carbonyl (C=O) groups is 1. The number of benzene rings is 1. The van der Waals surface area contributed by atoms with Crippen LogP contribution >= 0.6 is 23.4 Å². The van der Waals surface area contributed by atoms with Crippen LogP contribution in [0.2, 0.25) is 5.15 Å². The number of morpholine rings is 2. The van der Waals surface area contributed by atoms with Gasteiger partial charge in [-0.25, -0.2) is 9.97 Å². The minimum absolute atomic E-state index is 0.0502. The van der Waals surface area contributed by atoms with Crippen molar-refractivity contribution >= 4 is 35.1 Å². The molecule has 2 saturated heterocycles. The van der Waals surface area contributed by atoms with Crippen LogP contribution in [-0.4, -0.2) is 86.5 Å². The van der Waals surface area contributed by atoms with Crippen LogP contribution in [0.1, 0.15) is 15.9 Å². The first kappa shape index (κ1) is 23.3. The van der Waals surface area contributed by atoms with Gasteiger partial charge in [-0.3, -0.25) is 9.69 Å². The van der Waals surface area contributed by atoms with Crippen LogP contribution in [0.5, 0.6) is 0 Å². The minimum Gasteiger partial charge on any atom is -0.379 e. The standard InChI is InChI=1S/C22H28ClN5O3S/c23-19-15-20(28-9-13-31-14-10-28)26-22(25-19)32-16-17-1-3-18(4-2-17)21(29)24-5-6-27-7-11-30-12-8-27/h1-4,15H,5-14,16H2,(H,24,29). The van der Waals surface area contributed by atoms with Crippen LogP contribution in [0, 0.1) is 0 Å². The second-order valence-electron chi connectivity index (χ2n) is 7.63. The lowest BCUT2D eigenvalue weighted by Gasteiger charge is -2.27. The molecule has 0 aliphatic carbocycles. The summed E-state index contributed by atoms with van der Waals surface area (Å²) >= 11 is 7.75. The smallest absolute Gasteiger partial charge is 0.251 e. The maximum absolute atomic E-state index is 12.4. The summed E-state index contributed by atoms with van der Waals surface area (Å²) in [7, 11) is 0. The highest BCUT2D eigenvalue weighted by Crippen LogP contribution is 2.25. The summed E-state index contributed by atoms with van der Waals surface area (Å²) in [5.41, 5.74) is 1.76. The van der Waals surface area contributed by atoms with Gasteiger partial charge in [-0.05, 0) is 17.7 Å². The van der Waals surface area contributed by atoms with E-state index in [4.69, 9.17) is 21.1 Å². The van der Waals surface area contributed by atoms with Crippen molar-refractivity contribution in [2.45, 2.75) is 10.9 Å². The van der Waals surface area contributed by atoms with Gasteiger partial charge in [-0.1, -0.05) is 35.5 Å². The fraction of sp³-hybridized carbons (Fsp3) is 0.500. The Hall–Kier alpha value is -1.91. The van der Waals surface area contributed by atoms with Crippen molar-refractivity contribution in [2.75, 3.05) is 70.6 Å². The lowest BCUT2D eigenvalue weighted by Crippen LogP contribution is -2.41. The van der Waals surface area contributed by atoms with E-state index >= 15 is 0 Å². The summed E-state index contributed by atoms with van der Waals surface area (Å²) in [5, 5.41) is 4.07. The van der Waals surface area contributed by atoms with Crippen LogP contribution in [0.3, 0.4) is 0 Å². The molecule has 0 bridgehead atoms. The zero-order valence-electron chi connectivity index (χ0n) is 18.0. The first-order valence-electron chi connectivity index (χ1n) is 10.8. The number of ether oxygens (including phenoxy) is 2. The lowest BCUT2D eigenvalue weighted by atomic mass is 10.1. The molecule has 0 atom stereocenters. The van der Waals surface area contributed by atoms with Gasteiger partial charge in [0.1, 0.15) is 11.0 Å². The number of aromatic nitrogens is 2. The summed E-state index contributed by atoms with van der Waals surface area (Å²) in [6.45, 7) is 7.84. The predicted octanol–water partition coefficient (Wildman–Crippen LogP) is 2.32. The minimum atomic E-state index is -0.0502. The molecule has 2 fully saturated rings. The van der Waals surface area contributed by atoms with E-state index in [9.17, 15) is 4.79 Å². The van der Waals surface area contributed by atoms with Gasteiger partial charge in [0.05, 0.1) is 26.4 Å². The van der Waals surface area contributed by atoms with Crippen molar-refractivity contribution in [2.24, 2.45) is 0 Å². The molecule has 1 aromatic carbocycles. The van der Waals surface area contributed by atoms with E-state index < -0.39 is 0 Å². The van der Waals surface area contributed by atoms with Gasteiger partial charge < -0.3 is 19.7 Å². The van der Waals surface area contributed by atoms with E-state index in [0.717, 1.165) is 57.3 Å². The van der Waals surface area contributed by atoms with Gasteiger partial charge in [0.15, 0.2) is 5.16 Å². The van der Waals surface area contributed by atoms with Crippen LogP contribution < -0.4 is 10.2 Å². The monoisotopic (exact) mass is 477 g/mol. The van der Waals surface area contributed by atoms with Gasteiger partial charge in [-0.2, -0.15) is 0 Å². The van der Waals surface area contributed by atoms with Crippen molar-refractivity contribution in [3.8, 4) is 0 Å². The number of nitrogens with zero attached hydrogens (tertiary/aromatic N) is 4. The SMILES string of the molecule is O=C(NCCN1CCOCC1)c1ccc(CSc2nc(Cl)cc(N3CCOCC3)n2)cc1. The molecule has 1 N–H and O–H groups in total. The second kappa shape index (κ2) is 11.8. The number of thioether (sulfide) groups is 1. The summed E-state index contributed by atoms with van der Waals surface area (Å²) in [4.78, 5) is 25.9. The Morgan fingerprint density at radius 3 is 2.44 bits per heavy atom. The molecule has 172 valence electrons. The van der Waals surface area contributed by atoms with Gasteiger partial charge >= 0.3 is 0 Å². The molecule has 0 spiro atoms. The van der Waals surface area contributed by atoms with E-state index in [1.54, 1.807) is 6.07 Å². The van der Waals surface area contributed by atoms with Crippen molar-refractivity contribution in [3.63, 3.8) is 0 Å². The molecular formula is C22H28ClN5O3S. The predicted molar refractivity (Wildman–Crippen MR) is 126 cm³/mol. The Balaban J connectivity index is 1.26. The van der Waals surface area contributed by atoms with Crippen molar-refractivity contribution < 1.29 is 14.3 Å². The summed E-state index contributed by atoms with van der Waals surface area (Å²) in [6.07, 6.45) is 0. The average molecular weight is 478 g/mol. The number of carbonyl (C=O) groups excluding carboxylic acids is 1. The van der Waals surface area contributed by atoms with E-state index in [1.165, 1.54) is 11.8 Å². The first-order valence-corrected chi connectivity index (χ1v) is 12.2. The summed E-state index contributed by atoms with van der Waals surface area (Å²) in [6, 6.07) is 9.45. The van der Waals surface area contributed by atoms with Crippen molar-refractivity contribution in [1.82, 2.24) is 20.2 Å². The highest BCUT2D eigenvalue weighted by atomic mass is 35.5. The second-order valence-corrected chi connectivity index (χ2v) is 8.96. The van der Waals surface area contributed by atoms with Gasteiger partial charge in [0, 0.05) is 56.7 Å². The summed E-state index contributed by atoms with van der Waals surface area (Å²) < 4.78 is 10.7. The highest BCUT2D eigenvalue weighted by molar-refractivity contribution is 7.98. The van der Waals surface area contributed by atoms with Gasteiger partial charge in [-0.15, -0.1) is 0 Å². The maximum atomic E-state index is 12.4. The normalized spacial score (nSPS) is 17.3. The molecule has 4 rings (SSSR count). The van der Waals surface area contributed by atoms with Crippen LogP contribution in [0.25, 0.3) is 0 Å². The number of hydrogen-bond donors (Lipinski definition) is 1. The number of rotatable bonds is 8. The molecule has 2 aliphatic rings. The third kappa shape index (κ3) is 6.79. The molecule has 1 amide bonds. The van der Waals surface area contributed by atoms with Crippen LogP contribution in [0.15, 0.2) is 35.5 Å². The molecule has 0 unspecified atom stereocenters. The van der Waals surface area contributed by atoms with E-state index in [0.29, 0.717) is 41.4 Å². The van der Waals surface area contributed by atoms with Crippen LogP contribution in [-0.2, 0) is 15.2 Å². The molecule has 0 saturated carbocycles. The average Bonchev–Trinajstić information content (AvgIpc) is 2.84. The Kier molecular flexibility index (Phi) is 8.58. The zero-order valence-corrected chi connectivity index (χ0v) is 19.5. The molecule has 8 nitrogen and oxygen atoms in total. The number of nitrogens with one attached hydrogen (secondary N) is 1. The number of halogens is 1. The number of hydrogen-bond acceptors (Lipinski definition) is 8. The quantitative estimate of drug-likeness (QED) is 0.352. The molecule has 1 aromatic heterocycles. The first-order chi connectivity index (χ1) is 15.7. The molecule has 2 aliphatic heterocycles. The molecule has 3 heterocycles. The molecule has 10 heteroatoms. The Bertz CT molecular complexity index is 890. The third-order valence-corrected chi connectivity index (χ3v) is 6.51. The molecular weight excluding hydrogens is 450 g/mol. The topological polar surface area (TPSA) is 79.8 Å². The zero-order chi connectivity index (χ0) is 22.2. The highest BCUT2D eigenvalue weighted by Gasteiger charge is 2.15. The maximum Gasteiger partial charge on any atom is 0.251 e. The van der Waals surface area contributed by atoms with Gasteiger partial charge in [0.2, 0.25) is 0 Å². The molecule has 2 aromatic rings.